The quantitative estimate of drug-likeness (QED) is 0.00896. The number of anilines is 1. The fraction of sp³-hybridized carbons (Fsp3) is 0.517. The zero-order valence-electron chi connectivity index (χ0n) is 48.9. The van der Waals surface area contributed by atoms with Crippen molar-refractivity contribution in [2.24, 2.45) is 5.92 Å². The predicted octanol–water partition coefficient (Wildman–Crippen LogP) is 4.85. The number of nitrogens with one attached hydrogen (secondary N) is 3. The molecule has 1 aliphatic carbocycles. The lowest BCUT2D eigenvalue weighted by molar-refractivity contribution is -0.137. The number of amides is 6. The number of carbonyl (C=O) groups is 8. The number of benzene rings is 3. The molecule has 0 bridgehead atoms. The summed E-state index contributed by atoms with van der Waals surface area (Å²) in [6.45, 7) is 12.3. The second-order valence-corrected chi connectivity index (χ2v) is 24.5. The van der Waals surface area contributed by atoms with Gasteiger partial charge in [0.1, 0.15) is 48.1 Å². The van der Waals surface area contributed by atoms with Gasteiger partial charge in [-0.15, -0.1) is 0 Å². The van der Waals surface area contributed by atoms with Crippen molar-refractivity contribution >= 4 is 81.4 Å². The topological polar surface area (TPSA) is 320 Å². The molecule has 6 N–H and O–H groups in total. The van der Waals surface area contributed by atoms with E-state index in [-0.39, 0.29) is 102 Å². The molecule has 462 valence electrons. The molecule has 0 saturated carbocycles. The molecule has 0 spiro atoms. The molecular formula is C60H81N7O16PS+. The third-order valence-corrected chi connectivity index (χ3v) is 16.9. The molecule has 1 saturated heterocycles. The van der Waals surface area contributed by atoms with Crippen molar-refractivity contribution in [2.45, 2.75) is 117 Å². The van der Waals surface area contributed by atoms with Gasteiger partial charge in [0.2, 0.25) is 23.1 Å². The van der Waals surface area contributed by atoms with Crippen LogP contribution in [0.2, 0.25) is 0 Å². The highest BCUT2D eigenvalue weighted by Crippen LogP contribution is 2.43. The number of imide groups is 1. The second-order valence-electron chi connectivity index (χ2n) is 21.2. The van der Waals surface area contributed by atoms with E-state index >= 15 is 0 Å². The van der Waals surface area contributed by atoms with Crippen molar-refractivity contribution in [3.05, 3.63) is 83.7 Å². The first kappa shape index (κ1) is 67.2. The molecule has 3 unspecified atom stereocenters. The largest absolute Gasteiger partial charge is 0.456 e. The van der Waals surface area contributed by atoms with Gasteiger partial charge in [0, 0.05) is 116 Å². The van der Waals surface area contributed by atoms with Crippen molar-refractivity contribution in [3.63, 3.8) is 0 Å². The molecule has 2 aromatic carbocycles. The number of carbonyl (C=O) groups excluding carboxylic acids is 8. The van der Waals surface area contributed by atoms with E-state index in [0.717, 1.165) is 58.6 Å². The minimum Gasteiger partial charge on any atom is -0.456 e. The third-order valence-electron chi connectivity index (χ3n) is 15.3. The summed E-state index contributed by atoms with van der Waals surface area (Å²) in [5, 5.41) is 9.65. The molecule has 23 nitrogen and oxygen atoms in total. The predicted molar refractivity (Wildman–Crippen MR) is 320 cm³/mol. The molecule has 2 aromatic rings. The molecule has 25 heteroatoms. The van der Waals surface area contributed by atoms with Crippen LogP contribution in [0.5, 0.6) is 0 Å². The molecule has 4 aliphatic rings. The van der Waals surface area contributed by atoms with Gasteiger partial charge in [-0.3, -0.25) is 52.4 Å². The summed E-state index contributed by atoms with van der Waals surface area (Å²) in [6, 6.07) is 16.5. The van der Waals surface area contributed by atoms with Crippen molar-refractivity contribution in [2.75, 3.05) is 82.4 Å². The molecule has 0 radical (unpaired) electrons. The minimum absolute atomic E-state index is 0.0373. The smallest absolute Gasteiger partial charge is 0.325 e. The van der Waals surface area contributed by atoms with E-state index in [4.69, 9.17) is 9.15 Å². The van der Waals surface area contributed by atoms with Crippen molar-refractivity contribution in [3.8, 4) is 22.5 Å². The number of Topliss-reactive ketones (excluding diaryl/α,β-unsaturated/α-hetero) is 2. The van der Waals surface area contributed by atoms with Gasteiger partial charge in [0.25, 0.3) is 27.8 Å². The Labute approximate surface area is 495 Å². The summed E-state index contributed by atoms with van der Waals surface area (Å²) in [4.78, 5) is 128. The van der Waals surface area contributed by atoms with E-state index in [9.17, 15) is 65.7 Å². The maximum atomic E-state index is 14.9. The average Bonchev–Trinajstić information content (AvgIpc) is 2.50. The number of nitrogens with zero attached hydrogens (tertiary/aromatic N) is 4. The molecule has 0 aromatic heterocycles. The lowest BCUT2D eigenvalue weighted by atomic mass is 9.90. The highest BCUT2D eigenvalue weighted by molar-refractivity contribution is 7.85. The summed E-state index contributed by atoms with van der Waals surface area (Å²) < 4.78 is 60.4. The number of likely N-dealkylation sites (tertiary alicyclic amines) is 1. The molecule has 3 heterocycles. The van der Waals surface area contributed by atoms with Gasteiger partial charge in [-0.1, -0.05) is 24.6 Å². The number of hydrogen-bond donors (Lipinski definition) is 6. The molecule has 3 atom stereocenters. The van der Waals surface area contributed by atoms with Gasteiger partial charge in [0.15, 0.2) is 5.78 Å². The Kier molecular flexibility index (Phi) is 25.3. The fourth-order valence-corrected chi connectivity index (χ4v) is 12.1. The molecule has 6 rings (SSSR count). The van der Waals surface area contributed by atoms with Crippen LogP contribution in [0.4, 0.5) is 5.69 Å². The third kappa shape index (κ3) is 19.5. The Morgan fingerprint density at radius 1 is 0.835 bits per heavy atom. The number of unbranched alkanes of at least 4 members (excludes halogenated alkanes) is 3. The van der Waals surface area contributed by atoms with Crippen LogP contribution in [0.25, 0.3) is 33.4 Å². The average molecular weight is 1220 g/mol. The van der Waals surface area contributed by atoms with Crippen LogP contribution in [0.3, 0.4) is 0 Å². The minimum atomic E-state index is -4.80. The van der Waals surface area contributed by atoms with Gasteiger partial charge in [-0.2, -0.15) is 8.42 Å². The van der Waals surface area contributed by atoms with E-state index in [0.29, 0.717) is 48.2 Å². The molecule has 1 fully saturated rings. The lowest BCUT2D eigenvalue weighted by Crippen LogP contribution is -2.52. The Bertz CT molecular complexity index is 3280. The van der Waals surface area contributed by atoms with E-state index in [2.05, 4.69) is 53.1 Å². The molecular weight excluding hydrogens is 1140 g/mol. The Hall–Kier alpha value is -6.95. The summed E-state index contributed by atoms with van der Waals surface area (Å²) >= 11 is 0. The number of fused-ring (bicyclic) bond motifs is 2. The SMILES string of the molecule is CCN(CC)c1ccc2c(-c3ccccc3C(=O)N3CCCC3C(=O)NC(CS(=O)(=O)O)C(=O)CCCCCC(=O)CC(CCP(=O)(O)O)C(=O)NCCCCC(=O)NCCOCCN3C(=O)C=CC3=O)c3ccc(=[N+](CC)CC)cc-3oc2c1. The van der Waals surface area contributed by atoms with Crippen molar-refractivity contribution in [1.82, 2.24) is 30.3 Å². The normalized spacial score (nSPS) is 15.1. The highest BCUT2D eigenvalue weighted by Gasteiger charge is 2.38. The van der Waals surface area contributed by atoms with Gasteiger partial charge >= 0.3 is 7.60 Å². The van der Waals surface area contributed by atoms with Crippen LogP contribution in [-0.2, 0) is 53.0 Å². The number of rotatable bonds is 35. The molecule has 3 aliphatic heterocycles. The Balaban J connectivity index is 1.02. The van der Waals surface area contributed by atoms with Crippen molar-refractivity contribution in [1.29, 1.82) is 0 Å². The van der Waals surface area contributed by atoms with E-state index in [1.54, 1.807) is 12.1 Å². The summed E-state index contributed by atoms with van der Waals surface area (Å²) in [5.74, 6) is -5.47. The Morgan fingerprint density at radius 2 is 1.54 bits per heavy atom. The first-order valence-electron chi connectivity index (χ1n) is 29.3. The van der Waals surface area contributed by atoms with Crippen LogP contribution in [0.1, 0.15) is 115 Å². The first-order valence-corrected chi connectivity index (χ1v) is 32.7. The van der Waals surface area contributed by atoms with Crippen molar-refractivity contribution < 1.29 is 74.8 Å². The summed E-state index contributed by atoms with van der Waals surface area (Å²) in [6.07, 6.45) is 3.18. The van der Waals surface area contributed by atoms with Crippen LogP contribution in [0, 0.1) is 5.92 Å². The number of ketones is 2. The fourth-order valence-electron chi connectivity index (χ4n) is 10.8. The maximum Gasteiger partial charge on any atom is 0.325 e. The zero-order valence-corrected chi connectivity index (χ0v) is 50.6. The van der Waals surface area contributed by atoms with Gasteiger partial charge < -0.3 is 44.7 Å². The summed E-state index contributed by atoms with van der Waals surface area (Å²) in [5.41, 5.74) is 4.06. The zero-order chi connectivity index (χ0) is 61.8. The van der Waals surface area contributed by atoms with Crippen LogP contribution < -0.4 is 30.8 Å². The van der Waals surface area contributed by atoms with E-state index in [1.807, 2.05) is 48.5 Å². The maximum absolute atomic E-state index is 14.9. The first-order chi connectivity index (χ1) is 40.6. The standard InChI is InChI=1S/C60H80N7O16PS/c1-5-64(6-2)42-23-25-47-52(38-42)83-53-39-43(65(7-3)8-4)24-26-48(53)57(47)45-18-12-13-19-46(45)60(75)66-32-16-20-50(66)59(74)63-49(40-85(79,80)81)51(69)21-11-9-10-17-44(68)37-41(29-36-84(76,77)78)58(73)62-30-15-14-22-54(70)61-31-34-82-35-33-67-55(71)27-28-56(67)72/h12-13,18-19,23-28,38-39,41,49-50H,5-11,14-17,20-22,29-37,40H2,1-4H3,(H5-,61,62,63,70,73,74,76,77,78,79,80,81)/p+1. The number of hydrogen-bond acceptors (Lipinski definition) is 14. The summed E-state index contributed by atoms with van der Waals surface area (Å²) in [7, 11) is -9.32. The van der Waals surface area contributed by atoms with Crippen LogP contribution in [-0.4, -0.2) is 169 Å². The Morgan fingerprint density at radius 3 is 2.24 bits per heavy atom. The van der Waals surface area contributed by atoms with E-state index < -0.39 is 82.9 Å². The van der Waals surface area contributed by atoms with Gasteiger partial charge in [0.05, 0.1) is 32.0 Å². The molecule has 85 heavy (non-hydrogen) atoms. The highest BCUT2D eigenvalue weighted by atomic mass is 32.2. The van der Waals surface area contributed by atoms with Gasteiger partial charge in [-0.05, 0) is 102 Å². The van der Waals surface area contributed by atoms with E-state index in [1.165, 1.54) is 17.1 Å². The molecule has 6 amide bonds. The monoisotopic (exact) mass is 1220 g/mol. The lowest BCUT2D eigenvalue weighted by Gasteiger charge is -2.27. The second kappa shape index (κ2) is 32.0. The number of ether oxygens (including phenoxy) is 1. The van der Waals surface area contributed by atoms with Crippen LogP contribution in [0.15, 0.2) is 77.2 Å². The van der Waals surface area contributed by atoms with Crippen LogP contribution >= 0.6 is 7.60 Å². The van der Waals surface area contributed by atoms with Gasteiger partial charge in [-0.25, -0.2) is 4.58 Å².